The summed E-state index contributed by atoms with van der Waals surface area (Å²) in [5.41, 5.74) is 3.68. The van der Waals surface area contributed by atoms with E-state index >= 15 is 0 Å². The minimum Gasteiger partial charge on any atom is -0.372 e. The highest BCUT2D eigenvalue weighted by Crippen LogP contribution is 2.27. The number of hydrogen-bond acceptors (Lipinski definition) is 2. The molecule has 0 radical (unpaired) electrons. The van der Waals surface area contributed by atoms with Crippen LogP contribution in [0.3, 0.4) is 0 Å². The zero-order valence-corrected chi connectivity index (χ0v) is 11.1. The third-order valence-electron chi connectivity index (χ3n) is 3.67. The highest BCUT2D eigenvalue weighted by molar-refractivity contribution is 5.85. The van der Waals surface area contributed by atoms with E-state index < -0.39 is 0 Å². The van der Waals surface area contributed by atoms with Gasteiger partial charge in [-0.05, 0) is 25.0 Å². The van der Waals surface area contributed by atoms with E-state index in [1.54, 1.807) is 0 Å². The highest BCUT2D eigenvalue weighted by Gasteiger charge is 2.23. The second-order valence-electron chi connectivity index (χ2n) is 4.83. The van der Waals surface area contributed by atoms with Crippen molar-refractivity contribution in [2.45, 2.75) is 19.9 Å². The summed E-state index contributed by atoms with van der Waals surface area (Å²) in [6.45, 7) is 4.11. The molecule has 1 aromatic carbocycles. The topological polar surface area (TPSA) is 45.3 Å². The van der Waals surface area contributed by atoms with Gasteiger partial charge in [0.2, 0.25) is 5.91 Å². The largest absolute Gasteiger partial charge is 0.372 e. The first-order chi connectivity index (χ1) is 9.29. The van der Waals surface area contributed by atoms with Crippen molar-refractivity contribution >= 4 is 16.8 Å². The lowest BCUT2D eigenvalue weighted by atomic mass is 10.0. The molecule has 0 saturated heterocycles. The summed E-state index contributed by atoms with van der Waals surface area (Å²) < 4.78 is 5.19. The van der Waals surface area contributed by atoms with E-state index in [9.17, 15) is 4.79 Å². The second kappa shape index (κ2) is 5.05. The van der Waals surface area contributed by atoms with Gasteiger partial charge in [-0.3, -0.25) is 4.79 Å². The van der Waals surface area contributed by atoms with Crippen molar-refractivity contribution < 1.29 is 9.53 Å². The molecule has 0 bridgehead atoms. The molecule has 4 nitrogen and oxygen atoms in total. The van der Waals surface area contributed by atoms with Crippen LogP contribution in [0.25, 0.3) is 10.9 Å². The van der Waals surface area contributed by atoms with Gasteiger partial charge in [0.25, 0.3) is 0 Å². The summed E-state index contributed by atoms with van der Waals surface area (Å²) in [6, 6.07) is 8.31. The predicted octanol–water partition coefficient (Wildman–Crippen LogP) is 2.09. The van der Waals surface area contributed by atoms with Crippen molar-refractivity contribution in [3.8, 4) is 0 Å². The van der Waals surface area contributed by atoms with Crippen molar-refractivity contribution in [1.29, 1.82) is 0 Å². The first-order valence-electron chi connectivity index (χ1n) is 6.73. The minimum atomic E-state index is 0.0751. The van der Waals surface area contributed by atoms with Gasteiger partial charge in [-0.2, -0.15) is 0 Å². The maximum absolute atomic E-state index is 12.0. The zero-order chi connectivity index (χ0) is 13.2. The normalized spacial score (nSPS) is 14.7. The molecule has 1 amide bonds. The summed E-state index contributed by atoms with van der Waals surface area (Å²) in [5, 5.41) is 1.29. The van der Waals surface area contributed by atoms with Gasteiger partial charge in [-0.15, -0.1) is 0 Å². The summed E-state index contributed by atoms with van der Waals surface area (Å²) in [5.74, 6) is 0.0751. The van der Waals surface area contributed by atoms with Crippen LogP contribution in [0.5, 0.6) is 0 Å². The molecule has 1 aromatic heterocycles. The Morgan fingerprint density at radius 2 is 2.26 bits per heavy atom. The Morgan fingerprint density at radius 1 is 1.42 bits per heavy atom. The van der Waals surface area contributed by atoms with E-state index in [2.05, 4.69) is 23.2 Å². The van der Waals surface area contributed by atoms with Crippen molar-refractivity contribution in [2.75, 3.05) is 19.8 Å². The number of nitrogens with one attached hydrogen (secondary N) is 1. The maximum atomic E-state index is 12.0. The molecule has 0 fully saturated rings. The number of fused-ring (bicyclic) bond motifs is 3. The average Bonchev–Trinajstić information content (AvgIpc) is 2.82. The van der Waals surface area contributed by atoms with Gasteiger partial charge in [0.1, 0.15) is 6.61 Å². The number of aromatic amines is 1. The first-order valence-corrected chi connectivity index (χ1v) is 6.73. The third-order valence-corrected chi connectivity index (χ3v) is 3.67. The van der Waals surface area contributed by atoms with E-state index in [0.717, 1.165) is 24.2 Å². The molecular weight excluding hydrogens is 240 g/mol. The molecule has 1 aliphatic heterocycles. The van der Waals surface area contributed by atoms with Gasteiger partial charge in [0.15, 0.2) is 0 Å². The number of carbonyl (C=O) groups is 1. The second-order valence-corrected chi connectivity index (χ2v) is 4.83. The van der Waals surface area contributed by atoms with Crippen molar-refractivity contribution in [1.82, 2.24) is 9.88 Å². The van der Waals surface area contributed by atoms with Gasteiger partial charge < -0.3 is 14.6 Å². The average molecular weight is 258 g/mol. The summed E-state index contributed by atoms with van der Waals surface area (Å²) in [7, 11) is 0. The maximum Gasteiger partial charge on any atom is 0.248 e. The zero-order valence-electron chi connectivity index (χ0n) is 11.1. The van der Waals surface area contributed by atoms with E-state index in [0.29, 0.717) is 13.2 Å². The molecule has 1 aliphatic rings. The molecule has 2 heterocycles. The van der Waals surface area contributed by atoms with E-state index in [1.807, 2.05) is 17.9 Å². The van der Waals surface area contributed by atoms with Crippen LogP contribution in [0, 0.1) is 0 Å². The smallest absolute Gasteiger partial charge is 0.248 e. The summed E-state index contributed by atoms with van der Waals surface area (Å²) >= 11 is 0. The number of hydrogen-bond donors (Lipinski definition) is 1. The molecule has 4 heteroatoms. The van der Waals surface area contributed by atoms with Gasteiger partial charge in [0.05, 0.1) is 6.54 Å². The van der Waals surface area contributed by atoms with Crippen LogP contribution in [0.15, 0.2) is 24.3 Å². The van der Waals surface area contributed by atoms with E-state index in [-0.39, 0.29) is 12.5 Å². The van der Waals surface area contributed by atoms with Crippen LogP contribution in [0.4, 0.5) is 0 Å². The van der Waals surface area contributed by atoms with Crippen LogP contribution in [0.2, 0.25) is 0 Å². The Morgan fingerprint density at radius 3 is 3.11 bits per heavy atom. The fourth-order valence-corrected chi connectivity index (χ4v) is 2.69. The standard InChI is InChI=1S/C15H18N2O2/c1-2-19-10-15(18)17-8-7-12-11-5-3-4-6-13(11)16-14(12)9-17/h3-6,16H,2,7-10H2,1H3. The predicted molar refractivity (Wildman–Crippen MR) is 73.9 cm³/mol. The van der Waals surface area contributed by atoms with Crippen LogP contribution in [0.1, 0.15) is 18.2 Å². The number of H-pyrrole nitrogens is 1. The van der Waals surface area contributed by atoms with Crippen LogP contribution < -0.4 is 0 Å². The van der Waals surface area contributed by atoms with Gasteiger partial charge >= 0.3 is 0 Å². The number of rotatable bonds is 3. The third kappa shape index (κ3) is 2.24. The quantitative estimate of drug-likeness (QED) is 0.916. The number of amides is 1. The lowest BCUT2D eigenvalue weighted by Crippen LogP contribution is -2.38. The molecule has 3 rings (SSSR count). The van der Waals surface area contributed by atoms with E-state index in [4.69, 9.17) is 4.74 Å². The van der Waals surface area contributed by atoms with E-state index in [1.165, 1.54) is 10.9 Å². The monoisotopic (exact) mass is 258 g/mol. The first kappa shape index (κ1) is 12.2. The van der Waals surface area contributed by atoms with Gasteiger partial charge in [-0.25, -0.2) is 0 Å². The number of ether oxygens (including phenoxy) is 1. The lowest BCUT2D eigenvalue weighted by Gasteiger charge is -2.27. The minimum absolute atomic E-state index is 0.0751. The Labute approximate surface area is 112 Å². The molecule has 0 saturated carbocycles. The molecule has 1 N–H and O–H groups in total. The Kier molecular flexibility index (Phi) is 3.25. The number of para-hydroxylation sites is 1. The van der Waals surface area contributed by atoms with Crippen LogP contribution >= 0.6 is 0 Å². The molecule has 2 aromatic rings. The number of carbonyl (C=O) groups excluding carboxylic acids is 1. The number of aromatic nitrogens is 1. The number of nitrogens with zero attached hydrogens (tertiary/aromatic N) is 1. The van der Waals surface area contributed by atoms with Crippen LogP contribution in [-0.2, 0) is 22.5 Å². The summed E-state index contributed by atoms with van der Waals surface area (Å²) in [6.07, 6.45) is 0.914. The molecule has 19 heavy (non-hydrogen) atoms. The summed E-state index contributed by atoms with van der Waals surface area (Å²) in [4.78, 5) is 17.3. The Hall–Kier alpha value is -1.81. The number of benzene rings is 1. The SMILES string of the molecule is CCOCC(=O)N1CCc2c([nH]c3ccccc23)C1. The lowest BCUT2D eigenvalue weighted by molar-refractivity contribution is -0.136. The van der Waals surface area contributed by atoms with Crippen molar-refractivity contribution in [2.24, 2.45) is 0 Å². The van der Waals surface area contributed by atoms with Gasteiger partial charge in [-0.1, -0.05) is 18.2 Å². The van der Waals surface area contributed by atoms with Crippen molar-refractivity contribution in [3.05, 3.63) is 35.5 Å². The molecule has 100 valence electrons. The highest BCUT2D eigenvalue weighted by atomic mass is 16.5. The molecular formula is C15H18N2O2. The fraction of sp³-hybridized carbons (Fsp3) is 0.400. The fourth-order valence-electron chi connectivity index (χ4n) is 2.69. The van der Waals surface area contributed by atoms with Crippen LogP contribution in [-0.4, -0.2) is 35.5 Å². The molecule has 0 aliphatic carbocycles. The Balaban J connectivity index is 1.82. The molecule has 0 spiro atoms. The molecule has 0 unspecified atom stereocenters. The van der Waals surface area contributed by atoms with Gasteiger partial charge in [0, 0.05) is 29.7 Å². The Bertz CT molecular complexity index is 603. The molecule has 0 atom stereocenters. The van der Waals surface area contributed by atoms with Crippen molar-refractivity contribution in [3.63, 3.8) is 0 Å².